The van der Waals surface area contributed by atoms with Crippen LogP contribution in [0, 0.1) is 3.57 Å². The van der Waals surface area contributed by atoms with Gasteiger partial charge in [-0.3, -0.25) is 4.79 Å². The first-order valence-electron chi connectivity index (χ1n) is 8.35. The molecule has 0 bridgehead atoms. The molecule has 1 N–H and O–H groups in total. The van der Waals surface area contributed by atoms with E-state index in [4.69, 9.17) is 20.8 Å². The Balaban J connectivity index is 1.59. The number of rotatable bonds is 4. The molecule has 0 radical (unpaired) electrons. The van der Waals surface area contributed by atoms with E-state index in [0.717, 1.165) is 9.13 Å². The van der Waals surface area contributed by atoms with Crippen LogP contribution in [0.2, 0.25) is 5.02 Å². The topological polar surface area (TPSA) is 64.4 Å². The molecule has 4 rings (SSSR count). The van der Waals surface area contributed by atoms with Crippen molar-refractivity contribution in [2.24, 2.45) is 0 Å². The number of fused-ring (bicyclic) bond motifs is 1. The zero-order valence-electron chi connectivity index (χ0n) is 14.7. The highest BCUT2D eigenvalue weighted by Crippen LogP contribution is 2.28. The van der Waals surface area contributed by atoms with Gasteiger partial charge in [0.2, 0.25) is 5.89 Å². The SMILES string of the molecule is COc1ccc(C(=O)Nc2ccc3oc(-c4cccc(I)c4)nc3c2)cc1Cl. The molecule has 0 atom stereocenters. The number of nitrogens with zero attached hydrogens (tertiary/aromatic N) is 1. The van der Waals surface area contributed by atoms with Gasteiger partial charge in [-0.15, -0.1) is 0 Å². The van der Waals surface area contributed by atoms with E-state index in [1.54, 1.807) is 36.4 Å². The van der Waals surface area contributed by atoms with Crippen LogP contribution in [0.4, 0.5) is 5.69 Å². The highest BCUT2D eigenvalue weighted by Gasteiger charge is 2.12. The average molecular weight is 505 g/mol. The fourth-order valence-corrected chi connectivity index (χ4v) is 3.56. The Bertz CT molecular complexity index is 1190. The number of hydrogen-bond donors (Lipinski definition) is 1. The lowest BCUT2D eigenvalue weighted by molar-refractivity contribution is 0.102. The summed E-state index contributed by atoms with van der Waals surface area (Å²) in [7, 11) is 1.53. The van der Waals surface area contributed by atoms with Crippen molar-refractivity contribution in [2.45, 2.75) is 0 Å². The van der Waals surface area contributed by atoms with Crippen LogP contribution in [0.5, 0.6) is 5.75 Å². The first kappa shape index (κ1) is 18.8. The van der Waals surface area contributed by atoms with Gasteiger partial charge in [-0.25, -0.2) is 4.98 Å². The van der Waals surface area contributed by atoms with Crippen molar-refractivity contribution < 1.29 is 13.9 Å². The van der Waals surface area contributed by atoms with Crippen LogP contribution in [0.1, 0.15) is 10.4 Å². The van der Waals surface area contributed by atoms with Crippen LogP contribution in [0.3, 0.4) is 0 Å². The van der Waals surface area contributed by atoms with E-state index < -0.39 is 0 Å². The molecule has 5 nitrogen and oxygen atoms in total. The van der Waals surface area contributed by atoms with E-state index in [1.807, 2.05) is 24.3 Å². The normalized spacial score (nSPS) is 10.8. The van der Waals surface area contributed by atoms with Gasteiger partial charge in [0.25, 0.3) is 5.91 Å². The van der Waals surface area contributed by atoms with Gasteiger partial charge in [0.1, 0.15) is 11.3 Å². The fraction of sp³-hybridized carbons (Fsp3) is 0.0476. The Kier molecular flexibility index (Phi) is 5.23. The molecule has 4 aromatic rings. The number of anilines is 1. The lowest BCUT2D eigenvalue weighted by atomic mass is 10.2. The van der Waals surface area contributed by atoms with Gasteiger partial charge in [0.15, 0.2) is 5.58 Å². The molecular formula is C21H14ClIN2O3. The third-order valence-electron chi connectivity index (χ3n) is 4.13. The minimum Gasteiger partial charge on any atom is -0.495 e. The van der Waals surface area contributed by atoms with Crippen molar-refractivity contribution in [2.75, 3.05) is 12.4 Å². The number of carbonyl (C=O) groups is 1. The molecule has 1 amide bonds. The van der Waals surface area contributed by atoms with Crippen molar-refractivity contribution in [1.29, 1.82) is 0 Å². The highest BCUT2D eigenvalue weighted by molar-refractivity contribution is 14.1. The summed E-state index contributed by atoms with van der Waals surface area (Å²) >= 11 is 8.35. The second-order valence-electron chi connectivity index (χ2n) is 6.02. The van der Waals surface area contributed by atoms with Crippen molar-refractivity contribution in [3.05, 3.63) is 74.8 Å². The summed E-state index contributed by atoms with van der Waals surface area (Å²) < 4.78 is 12.0. The van der Waals surface area contributed by atoms with Gasteiger partial charge in [-0.2, -0.15) is 0 Å². The molecule has 1 aromatic heterocycles. The number of methoxy groups -OCH3 is 1. The van der Waals surface area contributed by atoms with Crippen LogP contribution < -0.4 is 10.1 Å². The maximum atomic E-state index is 12.5. The van der Waals surface area contributed by atoms with Gasteiger partial charge in [0.05, 0.1) is 12.1 Å². The Labute approximate surface area is 179 Å². The van der Waals surface area contributed by atoms with Gasteiger partial charge >= 0.3 is 0 Å². The summed E-state index contributed by atoms with van der Waals surface area (Å²) in [6.07, 6.45) is 0. The summed E-state index contributed by atoms with van der Waals surface area (Å²) in [4.78, 5) is 17.1. The van der Waals surface area contributed by atoms with E-state index in [0.29, 0.717) is 39.0 Å². The summed E-state index contributed by atoms with van der Waals surface area (Å²) in [6.45, 7) is 0. The van der Waals surface area contributed by atoms with E-state index in [-0.39, 0.29) is 5.91 Å². The van der Waals surface area contributed by atoms with Crippen LogP contribution in [0.25, 0.3) is 22.6 Å². The molecule has 3 aromatic carbocycles. The first-order chi connectivity index (χ1) is 13.5. The van der Waals surface area contributed by atoms with Crippen molar-refractivity contribution in [3.63, 3.8) is 0 Å². The van der Waals surface area contributed by atoms with E-state index in [1.165, 1.54) is 7.11 Å². The molecule has 0 aliphatic rings. The van der Waals surface area contributed by atoms with Crippen molar-refractivity contribution in [3.8, 4) is 17.2 Å². The third kappa shape index (κ3) is 3.83. The molecular weight excluding hydrogens is 491 g/mol. The molecule has 0 unspecified atom stereocenters. The second kappa shape index (κ2) is 7.81. The number of amides is 1. The Hall–Kier alpha value is -2.58. The van der Waals surface area contributed by atoms with Crippen LogP contribution in [0.15, 0.2) is 65.1 Å². The monoisotopic (exact) mass is 504 g/mol. The smallest absolute Gasteiger partial charge is 0.255 e. The number of hydrogen-bond acceptors (Lipinski definition) is 4. The largest absolute Gasteiger partial charge is 0.495 e. The van der Waals surface area contributed by atoms with Crippen LogP contribution in [-0.4, -0.2) is 18.0 Å². The number of aromatic nitrogens is 1. The predicted molar refractivity (Wildman–Crippen MR) is 118 cm³/mol. The van der Waals surface area contributed by atoms with E-state index in [2.05, 4.69) is 32.9 Å². The Morgan fingerprint density at radius 2 is 2.00 bits per heavy atom. The van der Waals surface area contributed by atoms with Crippen LogP contribution in [-0.2, 0) is 0 Å². The molecule has 140 valence electrons. The minimum absolute atomic E-state index is 0.273. The molecule has 1 heterocycles. The average Bonchev–Trinajstić information content (AvgIpc) is 3.11. The molecule has 0 aliphatic carbocycles. The molecule has 0 fully saturated rings. The lowest BCUT2D eigenvalue weighted by Crippen LogP contribution is -2.11. The van der Waals surface area contributed by atoms with Crippen molar-refractivity contribution in [1.82, 2.24) is 4.98 Å². The first-order valence-corrected chi connectivity index (χ1v) is 9.80. The predicted octanol–water partition coefficient (Wildman–Crippen LogP) is 6.01. The number of benzene rings is 3. The fourth-order valence-electron chi connectivity index (χ4n) is 2.76. The number of nitrogens with one attached hydrogen (secondary N) is 1. The van der Waals surface area contributed by atoms with Gasteiger partial charge in [0, 0.05) is 20.4 Å². The summed E-state index contributed by atoms with van der Waals surface area (Å²) in [5.41, 5.74) is 3.28. The van der Waals surface area contributed by atoms with Crippen molar-refractivity contribution >= 4 is 56.9 Å². The minimum atomic E-state index is -0.273. The van der Waals surface area contributed by atoms with Gasteiger partial charge in [-0.05, 0) is 77.2 Å². The number of carbonyl (C=O) groups excluding carboxylic acids is 1. The summed E-state index contributed by atoms with van der Waals surface area (Å²) in [6, 6.07) is 18.1. The van der Waals surface area contributed by atoms with E-state index in [9.17, 15) is 4.79 Å². The zero-order valence-corrected chi connectivity index (χ0v) is 17.6. The molecule has 0 aliphatic heterocycles. The number of halogens is 2. The number of oxazole rings is 1. The Morgan fingerprint density at radius 3 is 2.75 bits per heavy atom. The maximum absolute atomic E-state index is 12.5. The van der Waals surface area contributed by atoms with E-state index >= 15 is 0 Å². The summed E-state index contributed by atoms with van der Waals surface area (Å²) in [5, 5.41) is 3.23. The maximum Gasteiger partial charge on any atom is 0.255 e. The molecule has 0 spiro atoms. The number of ether oxygens (including phenoxy) is 1. The second-order valence-corrected chi connectivity index (χ2v) is 7.67. The third-order valence-corrected chi connectivity index (χ3v) is 5.10. The quantitative estimate of drug-likeness (QED) is 0.346. The lowest BCUT2D eigenvalue weighted by Gasteiger charge is -2.07. The summed E-state index contributed by atoms with van der Waals surface area (Å²) in [5.74, 6) is 0.787. The molecule has 7 heteroatoms. The van der Waals surface area contributed by atoms with Gasteiger partial charge < -0.3 is 14.5 Å². The van der Waals surface area contributed by atoms with Crippen LogP contribution >= 0.6 is 34.2 Å². The standard InChI is InChI=1S/C21H14ClIN2O3/c1-27-18-7-5-12(10-16(18)22)20(26)24-15-6-8-19-17(11-15)25-21(28-19)13-3-2-4-14(23)9-13/h2-11H,1H3,(H,24,26). The molecule has 0 saturated heterocycles. The van der Waals surface area contributed by atoms with Gasteiger partial charge in [-0.1, -0.05) is 17.7 Å². The highest BCUT2D eigenvalue weighted by atomic mass is 127. The molecule has 28 heavy (non-hydrogen) atoms. The Morgan fingerprint density at radius 1 is 1.14 bits per heavy atom. The molecule has 0 saturated carbocycles. The zero-order chi connectivity index (χ0) is 19.7.